The van der Waals surface area contributed by atoms with E-state index >= 15 is 0 Å². The van der Waals surface area contributed by atoms with E-state index in [9.17, 15) is 14.9 Å². The summed E-state index contributed by atoms with van der Waals surface area (Å²) in [7, 11) is 0. The molecule has 0 aliphatic heterocycles. The maximum atomic E-state index is 12.1. The quantitative estimate of drug-likeness (QED) is 0.497. The van der Waals surface area contributed by atoms with Crippen LogP contribution >= 0.6 is 27.5 Å². The molecule has 0 spiro atoms. The normalized spacial score (nSPS) is 11.7. The molecular weight excluding hydrogens is 360 g/mol. The zero-order chi connectivity index (χ0) is 15.4. The van der Waals surface area contributed by atoms with E-state index in [2.05, 4.69) is 21.2 Å². The van der Waals surface area contributed by atoms with E-state index in [1.165, 1.54) is 12.1 Å². The van der Waals surface area contributed by atoms with E-state index in [0.717, 1.165) is 0 Å². The molecule has 108 valence electrons. The van der Waals surface area contributed by atoms with Crippen molar-refractivity contribution in [2.45, 2.75) is 5.38 Å². The lowest BCUT2D eigenvalue weighted by atomic mass is 10.1. The molecule has 2 rings (SSSR count). The summed E-state index contributed by atoms with van der Waals surface area (Å²) in [6.45, 7) is 0. The molecule has 1 N–H and O–H groups in total. The van der Waals surface area contributed by atoms with Crippen LogP contribution in [0.1, 0.15) is 10.9 Å². The highest BCUT2D eigenvalue weighted by molar-refractivity contribution is 9.10. The molecule has 1 atom stereocenters. The number of amides is 1. The summed E-state index contributed by atoms with van der Waals surface area (Å²) in [4.78, 5) is 22.4. The summed E-state index contributed by atoms with van der Waals surface area (Å²) in [5, 5.41) is 12.6. The predicted molar refractivity (Wildman–Crippen MR) is 84.5 cm³/mol. The number of carbonyl (C=O) groups excluding carboxylic acids is 1. The first-order chi connectivity index (χ1) is 9.99. The van der Waals surface area contributed by atoms with Gasteiger partial charge in [-0.3, -0.25) is 14.9 Å². The SMILES string of the molecule is O=C(Nc1ccc(Br)c([N+](=O)[O-])c1)C(Cl)c1ccccc1. The van der Waals surface area contributed by atoms with Crippen LogP contribution in [0.25, 0.3) is 0 Å². The van der Waals surface area contributed by atoms with E-state index in [1.807, 2.05) is 6.07 Å². The number of halogens is 2. The van der Waals surface area contributed by atoms with E-state index in [0.29, 0.717) is 15.7 Å². The van der Waals surface area contributed by atoms with Crippen molar-refractivity contribution in [3.8, 4) is 0 Å². The minimum Gasteiger partial charge on any atom is -0.324 e. The van der Waals surface area contributed by atoms with Crippen molar-refractivity contribution in [2.75, 3.05) is 5.32 Å². The summed E-state index contributed by atoms with van der Waals surface area (Å²) in [6, 6.07) is 13.2. The van der Waals surface area contributed by atoms with Gasteiger partial charge in [-0.1, -0.05) is 30.3 Å². The Bertz CT molecular complexity index is 679. The molecule has 0 fully saturated rings. The maximum Gasteiger partial charge on any atom is 0.285 e. The Morgan fingerprint density at radius 2 is 1.90 bits per heavy atom. The van der Waals surface area contributed by atoms with Gasteiger partial charge < -0.3 is 5.32 Å². The molecule has 21 heavy (non-hydrogen) atoms. The third-order valence-corrected chi connectivity index (χ3v) is 3.85. The number of hydrogen-bond acceptors (Lipinski definition) is 3. The van der Waals surface area contributed by atoms with E-state index in [-0.39, 0.29) is 5.69 Å². The van der Waals surface area contributed by atoms with E-state index in [4.69, 9.17) is 11.6 Å². The first-order valence-electron chi connectivity index (χ1n) is 5.93. The molecular formula is C14H10BrClN2O3. The number of benzene rings is 2. The van der Waals surface area contributed by atoms with Crippen molar-refractivity contribution >= 4 is 44.8 Å². The molecule has 1 unspecified atom stereocenters. The lowest BCUT2D eigenvalue weighted by molar-refractivity contribution is -0.385. The van der Waals surface area contributed by atoms with E-state index < -0.39 is 16.2 Å². The van der Waals surface area contributed by atoms with Gasteiger partial charge in [0.2, 0.25) is 5.91 Å². The number of hydrogen-bond donors (Lipinski definition) is 1. The topological polar surface area (TPSA) is 72.2 Å². The predicted octanol–water partition coefficient (Wildman–Crippen LogP) is 4.28. The molecule has 2 aromatic rings. The lowest BCUT2D eigenvalue weighted by Gasteiger charge is -2.11. The molecule has 0 aliphatic rings. The number of carbonyl (C=O) groups is 1. The van der Waals surface area contributed by atoms with Gasteiger partial charge in [-0.25, -0.2) is 0 Å². The first kappa shape index (κ1) is 15.5. The zero-order valence-corrected chi connectivity index (χ0v) is 13.0. The van der Waals surface area contributed by atoms with Gasteiger partial charge in [0.15, 0.2) is 0 Å². The molecule has 0 saturated carbocycles. The van der Waals surface area contributed by atoms with Gasteiger partial charge in [0.25, 0.3) is 5.69 Å². The van der Waals surface area contributed by atoms with Gasteiger partial charge >= 0.3 is 0 Å². The number of nitro benzene ring substituents is 1. The maximum absolute atomic E-state index is 12.1. The van der Waals surface area contributed by atoms with Crippen molar-refractivity contribution in [3.05, 3.63) is 68.7 Å². The zero-order valence-electron chi connectivity index (χ0n) is 10.6. The Labute approximate surface area is 134 Å². The highest BCUT2D eigenvalue weighted by atomic mass is 79.9. The fourth-order valence-electron chi connectivity index (χ4n) is 1.71. The molecule has 0 bridgehead atoms. The highest BCUT2D eigenvalue weighted by Crippen LogP contribution is 2.29. The van der Waals surface area contributed by atoms with Crippen LogP contribution in [0.15, 0.2) is 53.0 Å². The average molecular weight is 370 g/mol. The van der Waals surface area contributed by atoms with Gasteiger partial charge in [-0.05, 0) is 33.6 Å². The fraction of sp³-hybridized carbons (Fsp3) is 0.0714. The van der Waals surface area contributed by atoms with Gasteiger partial charge in [0, 0.05) is 11.8 Å². The van der Waals surface area contributed by atoms with Crippen molar-refractivity contribution in [2.24, 2.45) is 0 Å². The van der Waals surface area contributed by atoms with Gasteiger partial charge in [0.1, 0.15) is 5.38 Å². The number of rotatable bonds is 4. The monoisotopic (exact) mass is 368 g/mol. The summed E-state index contributed by atoms with van der Waals surface area (Å²) >= 11 is 9.17. The van der Waals surface area contributed by atoms with Gasteiger partial charge in [-0.2, -0.15) is 0 Å². The lowest BCUT2D eigenvalue weighted by Crippen LogP contribution is -2.17. The third-order valence-electron chi connectivity index (χ3n) is 2.73. The summed E-state index contributed by atoms with van der Waals surface area (Å²) in [5.74, 6) is -0.445. The van der Waals surface area contributed by atoms with Crippen LogP contribution in [0, 0.1) is 10.1 Å². The molecule has 0 aliphatic carbocycles. The Morgan fingerprint density at radius 3 is 2.52 bits per heavy atom. The van der Waals surface area contributed by atoms with Crippen LogP contribution in [0.4, 0.5) is 11.4 Å². The fourth-order valence-corrected chi connectivity index (χ4v) is 2.30. The van der Waals surface area contributed by atoms with Gasteiger partial charge in [-0.15, -0.1) is 11.6 Å². The van der Waals surface area contributed by atoms with Crippen LogP contribution in [-0.4, -0.2) is 10.8 Å². The van der Waals surface area contributed by atoms with Crippen molar-refractivity contribution in [1.82, 2.24) is 0 Å². The molecule has 5 nitrogen and oxygen atoms in total. The molecule has 0 radical (unpaired) electrons. The Morgan fingerprint density at radius 1 is 1.24 bits per heavy atom. The van der Waals surface area contributed by atoms with E-state index in [1.54, 1.807) is 30.3 Å². The number of anilines is 1. The highest BCUT2D eigenvalue weighted by Gasteiger charge is 2.19. The van der Waals surface area contributed by atoms with Crippen LogP contribution in [0.3, 0.4) is 0 Å². The molecule has 7 heteroatoms. The smallest absolute Gasteiger partial charge is 0.285 e. The van der Waals surface area contributed by atoms with Crippen molar-refractivity contribution < 1.29 is 9.72 Å². The summed E-state index contributed by atoms with van der Waals surface area (Å²) in [6.07, 6.45) is 0. The molecule has 0 saturated heterocycles. The van der Waals surface area contributed by atoms with Gasteiger partial charge in [0.05, 0.1) is 9.40 Å². The molecule has 2 aromatic carbocycles. The van der Waals surface area contributed by atoms with Crippen LogP contribution < -0.4 is 5.32 Å². The standard InChI is InChI=1S/C14H10BrClN2O3/c15-11-7-6-10(8-12(11)18(20)21)17-14(19)13(16)9-4-2-1-3-5-9/h1-8,13H,(H,17,19). The minimum atomic E-state index is -0.867. The van der Waals surface area contributed by atoms with Crippen LogP contribution in [-0.2, 0) is 4.79 Å². The molecule has 0 heterocycles. The second-order valence-electron chi connectivity index (χ2n) is 4.19. The number of nitrogens with one attached hydrogen (secondary N) is 1. The van der Waals surface area contributed by atoms with Crippen molar-refractivity contribution in [1.29, 1.82) is 0 Å². The Hall–Kier alpha value is -1.92. The average Bonchev–Trinajstić information content (AvgIpc) is 2.49. The van der Waals surface area contributed by atoms with Crippen LogP contribution in [0.2, 0.25) is 0 Å². The van der Waals surface area contributed by atoms with Crippen molar-refractivity contribution in [3.63, 3.8) is 0 Å². The molecule has 0 aromatic heterocycles. The summed E-state index contributed by atoms with van der Waals surface area (Å²) < 4.78 is 0.344. The minimum absolute atomic E-state index is 0.126. The van der Waals surface area contributed by atoms with Crippen LogP contribution in [0.5, 0.6) is 0 Å². The number of alkyl halides is 1. The Kier molecular flexibility index (Phi) is 4.93. The number of nitro groups is 1. The summed E-state index contributed by atoms with van der Waals surface area (Å²) in [5.41, 5.74) is 0.846. The first-order valence-corrected chi connectivity index (χ1v) is 7.16. The Balaban J connectivity index is 2.16. The number of nitrogens with zero attached hydrogens (tertiary/aromatic N) is 1. The second-order valence-corrected chi connectivity index (χ2v) is 5.48. The molecule has 1 amide bonds. The third kappa shape index (κ3) is 3.80. The second kappa shape index (κ2) is 6.69. The largest absolute Gasteiger partial charge is 0.324 e.